The van der Waals surface area contributed by atoms with Crippen LogP contribution in [0, 0.1) is 6.92 Å². The summed E-state index contributed by atoms with van der Waals surface area (Å²) in [5.74, 6) is 0.358. The average Bonchev–Trinajstić information content (AvgIpc) is 2.96. The first-order valence-corrected chi connectivity index (χ1v) is 7.47. The van der Waals surface area contributed by atoms with E-state index >= 15 is 0 Å². The Balaban J connectivity index is 2.09. The SMILES string of the molecule is CCCCN(C)C(=O)c1cc(C(=O)Nc2cc(C)on2)ccn1. The monoisotopic (exact) mass is 316 g/mol. The van der Waals surface area contributed by atoms with Gasteiger partial charge >= 0.3 is 0 Å². The molecular formula is C16H20N4O3. The number of hydrogen-bond acceptors (Lipinski definition) is 5. The van der Waals surface area contributed by atoms with Crippen LogP contribution in [0.1, 0.15) is 46.4 Å². The van der Waals surface area contributed by atoms with Gasteiger partial charge in [0.2, 0.25) is 0 Å². The highest BCUT2D eigenvalue weighted by Gasteiger charge is 2.16. The van der Waals surface area contributed by atoms with Crippen LogP contribution in [-0.2, 0) is 0 Å². The lowest BCUT2D eigenvalue weighted by Crippen LogP contribution is -2.28. The van der Waals surface area contributed by atoms with Gasteiger partial charge in [-0.2, -0.15) is 0 Å². The van der Waals surface area contributed by atoms with Crippen molar-refractivity contribution in [3.63, 3.8) is 0 Å². The average molecular weight is 316 g/mol. The number of nitrogens with one attached hydrogen (secondary N) is 1. The first kappa shape index (κ1) is 16.7. The zero-order chi connectivity index (χ0) is 16.8. The Hall–Kier alpha value is -2.70. The van der Waals surface area contributed by atoms with E-state index in [-0.39, 0.29) is 17.5 Å². The van der Waals surface area contributed by atoms with Gasteiger partial charge in [-0.1, -0.05) is 18.5 Å². The predicted octanol–water partition coefficient (Wildman–Crippen LogP) is 2.50. The molecule has 2 amide bonds. The number of carbonyl (C=O) groups is 2. The molecule has 23 heavy (non-hydrogen) atoms. The molecule has 2 aromatic heterocycles. The molecule has 0 fully saturated rings. The van der Waals surface area contributed by atoms with Crippen molar-refractivity contribution in [3.8, 4) is 0 Å². The lowest BCUT2D eigenvalue weighted by atomic mass is 10.2. The van der Waals surface area contributed by atoms with Gasteiger partial charge in [-0.05, 0) is 25.5 Å². The number of carbonyl (C=O) groups excluding carboxylic acids is 2. The summed E-state index contributed by atoms with van der Waals surface area (Å²) in [5.41, 5.74) is 0.584. The third kappa shape index (κ3) is 4.38. The summed E-state index contributed by atoms with van der Waals surface area (Å²) in [6.07, 6.45) is 3.38. The van der Waals surface area contributed by atoms with Crippen LogP contribution >= 0.6 is 0 Å². The number of anilines is 1. The summed E-state index contributed by atoms with van der Waals surface area (Å²) in [6.45, 7) is 4.46. The Morgan fingerprint density at radius 1 is 1.35 bits per heavy atom. The highest BCUT2D eigenvalue weighted by atomic mass is 16.5. The van der Waals surface area contributed by atoms with Crippen LogP contribution in [0.15, 0.2) is 28.9 Å². The number of pyridine rings is 1. The minimum absolute atomic E-state index is 0.203. The third-order valence-electron chi connectivity index (χ3n) is 3.30. The second kappa shape index (κ2) is 7.53. The van der Waals surface area contributed by atoms with Gasteiger partial charge in [-0.3, -0.25) is 14.6 Å². The first-order chi connectivity index (χ1) is 11.0. The van der Waals surface area contributed by atoms with E-state index in [4.69, 9.17) is 4.52 Å². The largest absolute Gasteiger partial charge is 0.360 e. The van der Waals surface area contributed by atoms with Crippen LogP contribution in [-0.4, -0.2) is 40.4 Å². The van der Waals surface area contributed by atoms with Gasteiger partial charge in [0.1, 0.15) is 11.5 Å². The molecule has 0 aliphatic heterocycles. The van der Waals surface area contributed by atoms with Crippen LogP contribution in [0.25, 0.3) is 0 Å². The van der Waals surface area contributed by atoms with Crippen molar-refractivity contribution in [3.05, 3.63) is 41.4 Å². The van der Waals surface area contributed by atoms with Gasteiger partial charge < -0.3 is 14.7 Å². The lowest BCUT2D eigenvalue weighted by Gasteiger charge is -2.16. The summed E-state index contributed by atoms with van der Waals surface area (Å²) < 4.78 is 4.89. The zero-order valence-electron chi connectivity index (χ0n) is 13.5. The number of amides is 2. The summed E-state index contributed by atoms with van der Waals surface area (Å²) in [5, 5.41) is 6.32. The molecule has 0 radical (unpaired) electrons. The molecule has 0 aromatic carbocycles. The first-order valence-electron chi connectivity index (χ1n) is 7.47. The standard InChI is InChI=1S/C16H20N4O3/c1-4-5-8-20(3)16(22)13-10-12(6-7-17-13)15(21)18-14-9-11(2)23-19-14/h6-7,9-10H,4-5,8H2,1-3H3,(H,18,19,21). The van der Waals surface area contributed by atoms with Crippen LogP contribution in [0.2, 0.25) is 0 Å². The fourth-order valence-electron chi connectivity index (χ4n) is 1.99. The van der Waals surface area contributed by atoms with E-state index in [1.807, 2.05) is 0 Å². The van der Waals surface area contributed by atoms with Crippen molar-refractivity contribution in [2.45, 2.75) is 26.7 Å². The molecular weight excluding hydrogens is 296 g/mol. The predicted molar refractivity (Wildman–Crippen MR) is 85.3 cm³/mol. The van der Waals surface area contributed by atoms with Crippen LogP contribution in [0.4, 0.5) is 5.82 Å². The van der Waals surface area contributed by atoms with Crippen molar-refractivity contribution in [2.24, 2.45) is 0 Å². The normalized spacial score (nSPS) is 10.4. The molecule has 0 spiro atoms. The van der Waals surface area contributed by atoms with Crippen molar-refractivity contribution in [1.82, 2.24) is 15.0 Å². The minimum Gasteiger partial charge on any atom is -0.360 e. The number of aryl methyl sites for hydroxylation is 1. The molecule has 2 aromatic rings. The highest BCUT2D eigenvalue weighted by Crippen LogP contribution is 2.11. The second-order valence-electron chi connectivity index (χ2n) is 5.29. The lowest BCUT2D eigenvalue weighted by molar-refractivity contribution is 0.0787. The Bertz CT molecular complexity index is 696. The Kier molecular flexibility index (Phi) is 5.46. The molecule has 1 N–H and O–H groups in total. The van der Waals surface area contributed by atoms with Gasteiger partial charge in [0, 0.05) is 31.4 Å². The number of hydrogen-bond donors (Lipinski definition) is 1. The highest BCUT2D eigenvalue weighted by molar-refractivity contribution is 6.05. The van der Waals surface area contributed by atoms with Crippen molar-refractivity contribution < 1.29 is 14.1 Å². The quantitative estimate of drug-likeness (QED) is 0.884. The van der Waals surface area contributed by atoms with Gasteiger partial charge in [-0.25, -0.2) is 0 Å². The fourth-order valence-corrected chi connectivity index (χ4v) is 1.99. The smallest absolute Gasteiger partial charge is 0.272 e. The molecule has 0 saturated carbocycles. The van der Waals surface area contributed by atoms with Crippen molar-refractivity contribution >= 4 is 17.6 Å². The Labute approximate surface area is 134 Å². The summed E-state index contributed by atoms with van der Waals surface area (Å²) in [7, 11) is 1.73. The van der Waals surface area contributed by atoms with Crippen LogP contribution in [0.3, 0.4) is 0 Å². The van der Waals surface area contributed by atoms with Crippen LogP contribution in [0.5, 0.6) is 0 Å². The molecule has 0 saturated heterocycles. The summed E-state index contributed by atoms with van der Waals surface area (Å²) >= 11 is 0. The number of nitrogens with zero attached hydrogens (tertiary/aromatic N) is 3. The maximum absolute atomic E-state index is 12.3. The van der Waals surface area contributed by atoms with E-state index in [0.29, 0.717) is 23.7 Å². The van der Waals surface area contributed by atoms with Crippen molar-refractivity contribution in [1.29, 1.82) is 0 Å². The van der Waals surface area contributed by atoms with E-state index in [1.54, 1.807) is 31.0 Å². The van der Waals surface area contributed by atoms with Crippen LogP contribution < -0.4 is 5.32 Å². The third-order valence-corrected chi connectivity index (χ3v) is 3.30. The minimum atomic E-state index is -0.369. The summed E-state index contributed by atoms with van der Waals surface area (Å²) in [4.78, 5) is 30.1. The zero-order valence-corrected chi connectivity index (χ0v) is 13.5. The maximum Gasteiger partial charge on any atom is 0.272 e. The Morgan fingerprint density at radius 2 is 2.13 bits per heavy atom. The van der Waals surface area contributed by atoms with E-state index in [9.17, 15) is 9.59 Å². The topological polar surface area (TPSA) is 88.3 Å². The molecule has 122 valence electrons. The van der Waals surface area contributed by atoms with Gasteiger partial charge in [0.05, 0.1) is 0 Å². The molecule has 7 heteroatoms. The fraction of sp³-hybridized carbons (Fsp3) is 0.375. The molecule has 0 atom stereocenters. The molecule has 2 heterocycles. The van der Waals surface area contributed by atoms with Gasteiger partial charge in [-0.15, -0.1) is 0 Å². The van der Waals surface area contributed by atoms with E-state index in [1.165, 1.54) is 12.3 Å². The molecule has 0 bridgehead atoms. The van der Waals surface area contributed by atoms with E-state index < -0.39 is 0 Å². The van der Waals surface area contributed by atoms with E-state index in [2.05, 4.69) is 22.4 Å². The molecule has 7 nitrogen and oxygen atoms in total. The van der Waals surface area contributed by atoms with Gasteiger partial charge in [0.15, 0.2) is 5.82 Å². The number of aromatic nitrogens is 2. The molecule has 2 rings (SSSR count). The Morgan fingerprint density at radius 3 is 2.78 bits per heavy atom. The molecule has 0 aliphatic rings. The number of rotatable bonds is 6. The van der Waals surface area contributed by atoms with E-state index in [0.717, 1.165) is 12.8 Å². The number of unbranched alkanes of at least 4 members (excludes halogenated alkanes) is 1. The van der Waals surface area contributed by atoms with Gasteiger partial charge in [0.25, 0.3) is 11.8 Å². The second-order valence-corrected chi connectivity index (χ2v) is 5.29. The summed E-state index contributed by atoms with van der Waals surface area (Å²) in [6, 6.07) is 4.64. The maximum atomic E-state index is 12.3. The molecule has 0 aliphatic carbocycles. The molecule has 0 unspecified atom stereocenters. The van der Waals surface area contributed by atoms with Crippen molar-refractivity contribution in [2.75, 3.05) is 18.9 Å².